The quantitative estimate of drug-likeness (QED) is 0.364. The van der Waals surface area contributed by atoms with E-state index in [1.165, 1.54) is 16.9 Å². The second kappa shape index (κ2) is 9.94. The molecule has 0 aliphatic carbocycles. The summed E-state index contributed by atoms with van der Waals surface area (Å²) >= 11 is 1.46. The lowest BCUT2D eigenvalue weighted by molar-refractivity contribution is 0.346. The number of thiazole rings is 1. The highest BCUT2D eigenvalue weighted by Gasteiger charge is 2.25. The lowest BCUT2D eigenvalue weighted by Gasteiger charge is -2.25. The summed E-state index contributed by atoms with van der Waals surface area (Å²) in [6, 6.07) is 15.3. The molecule has 1 fully saturated rings. The van der Waals surface area contributed by atoms with E-state index in [9.17, 15) is 8.42 Å². The van der Waals surface area contributed by atoms with E-state index in [1.807, 2.05) is 29.6 Å². The summed E-state index contributed by atoms with van der Waals surface area (Å²) < 4.78 is 27.2. The number of sulfonamides is 1. The van der Waals surface area contributed by atoms with Crippen LogP contribution in [0.5, 0.6) is 0 Å². The molecule has 168 valence electrons. The molecule has 2 aromatic carbocycles. The summed E-state index contributed by atoms with van der Waals surface area (Å²) in [6.07, 6.45) is 4.72. The molecule has 0 amide bonds. The van der Waals surface area contributed by atoms with Crippen molar-refractivity contribution < 1.29 is 8.42 Å². The fourth-order valence-corrected chi connectivity index (χ4v) is 5.82. The Bertz CT molecular complexity index is 1160. The van der Waals surface area contributed by atoms with E-state index in [4.69, 9.17) is 0 Å². The van der Waals surface area contributed by atoms with Crippen LogP contribution in [-0.2, 0) is 10.0 Å². The van der Waals surface area contributed by atoms with Crippen LogP contribution in [0.25, 0.3) is 11.3 Å². The average Bonchev–Trinajstić information content (AvgIpc) is 3.29. The number of hydrazone groups is 1. The zero-order valence-electron chi connectivity index (χ0n) is 18.4. The highest BCUT2D eigenvalue weighted by molar-refractivity contribution is 7.89. The number of rotatable bonds is 7. The smallest absolute Gasteiger partial charge is 0.243 e. The molecule has 2 heterocycles. The maximum atomic E-state index is 12.8. The van der Waals surface area contributed by atoms with E-state index >= 15 is 0 Å². The van der Waals surface area contributed by atoms with Gasteiger partial charge >= 0.3 is 0 Å². The fraction of sp³-hybridized carbons (Fsp3) is 0.333. The third kappa shape index (κ3) is 5.26. The van der Waals surface area contributed by atoms with Gasteiger partial charge in [0.25, 0.3) is 0 Å². The molecule has 3 aromatic rings. The van der Waals surface area contributed by atoms with Crippen LogP contribution < -0.4 is 5.43 Å². The number of hydrogen-bond donors (Lipinski definition) is 1. The van der Waals surface area contributed by atoms with Crippen molar-refractivity contribution in [2.45, 2.75) is 43.9 Å². The van der Waals surface area contributed by atoms with E-state index in [1.54, 1.807) is 22.7 Å². The van der Waals surface area contributed by atoms with Gasteiger partial charge in [-0.05, 0) is 42.0 Å². The highest BCUT2D eigenvalue weighted by atomic mass is 32.2. The Balaban J connectivity index is 1.40. The van der Waals surface area contributed by atoms with Crippen molar-refractivity contribution in [3.63, 3.8) is 0 Å². The average molecular weight is 469 g/mol. The lowest BCUT2D eigenvalue weighted by Crippen LogP contribution is -2.35. The van der Waals surface area contributed by atoms with Gasteiger partial charge in [0.2, 0.25) is 15.2 Å². The predicted molar refractivity (Wildman–Crippen MR) is 132 cm³/mol. The van der Waals surface area contributed by atoms with Crippen molar-refractivity contribution in [2.24, 2.45) is 5.10 Å². The number of nitrogens with one attached hydrogen (secondary N) is 1. The molecular formula is C24H28N4O2S2. The van der Waals surface area contributed by atoms with Gasteiger partial charge in [-0.1, -0.05) is 56.7 Å². The SMILES string of the molecule is CC(C)c1ccc(/C=N\Nc2nc(-c3ccc(S(=O)(=O)N4CCCCC4)cc3)cs2)cc1. The lowest BCUT2D eigenvalue weighted by atomic mass is 10.0. The molecule has 0 atom stereocenters. The minimum atomic E-state index is -3.42. The Hall–Kier alpha value is -2.55. The molecule has 8 heteroatoms. The Morgan fingerprint density at radius 3 is 2.38 bits per heavy atom. The largest absolute Gasteiger partial charge is 0.253 e. The van der Waals surface area contributed by atoms with E-state index in [0.29, 0.717) is 29.0 Å². The van der Waals surface area contributed by atoms with Crippen LogP contribution in [0.1, 0.15) is 50.2 Å². The minimum absolute atomic E-state index is 0.338. The number of nitrogens with zero attached hydrogens (tertiary/aromatic N) is 3. The first kappa shape index (κ1) is 22.6. The summed E-state index contributed by atoms with van der Waals surface area (Å²) in [5.41, 5.74) is 6.95. The standard InChI is InChI=1S/C24H28N4O2S2/c1-18(2)20-8-6-19(7-9-20)16-25-27-24-26-23(17-31-24)21-10-12-22(13-11-21)32(29,30)28-14-4-3-5-15-28/h6-13,16-18H,3-5,14-15H2,1-2H3,(H,26,27)/b25-16-. The molecule has 0 unspecified atom stereocenters. The minimum Gasteiger partial charge on any atom is -0.253 e. The van der Waals surface area contributed by atoms with Crippen LogP contribution in [0.4, 0.5) is 5.13 Å². The number of aromatic nitrogens is 1. The summed E-state index contributed by atoms with van der Waals surface area (Å²) in [5, 5.41) is 6.89. The van der Waals surface area contributed by atoms with Gasteiger partial charge in [0.1, 0.15) is 0 Å². The first-order valence-corrected chi connectivity index (χ1v) is 13.2. The monoisotopic (exact) mass is 468 g/mol. The predicted octanol–water partition coefficient (Wildman–Crippen LogP) is 5.55. The van der Waals surface area contributed by atoms with E-state index in [0.717, 1.165) is 36.1 Å². The topological polar surface area (TPSA) is 74.7 Å². The van der Waals surface area contributed by atoms with Crippen LogP contribution in [0.2, 0.25) is 0 Å². The molecule has 0 saturated carbocycles. The van der Waals surface area contributed by atoms with E-state index in [-0.39, 0.29) is 0 Å². The van der Waals surface area contributed by atoms with Gasteiger partial charge in [-0.2, -0.15) is 9.41 Å². The van der Waals surface area contributed by atoms with Crippen molar-refractivity contribution in [3.8, 4) is 11.3 Å². The third-order valence-electron chi connectivity index (χ3n) is 5.58. The molecule has 4 rings (SSSR count). The Morgan fingerprint density at radius 2 is 1.72 bits per heavy atom. The van der Waals surface area contributed by atoms with Gasteiger partial charge in [0.05, 0.1) is 16.8 Å². The molecule has 1 N–H and O–H groups in total. The maximum absolute atomic E-state index is 12.8. The molecule has 1 saturated heterocycles. The summed E-state index contributed by atoms with van der Waals surface area (Å²) in [5.74, 6) is 0.506. The molecule has 1 aliphatic rings. The van der Waals surface area contributed by atoms with Crippen molar-refractivity contribution in [1.82, 2.24) is 9.29 Å². The number of anilines is 1. The van der Waals surface area contributed by atoms with Crippen molar-refractivity contribution in [1.29, 1.82) is 0 Å². The van der Waals surface area contributed by atoms with E-state index in [2.05, 4.69) is 41.5 Å². The third-order valence-corrected chi connectivity index (χ3v) is 8.24. The number of piperidine rings is 1. The van der Waals surface area contributed by atoms with Gasteiger partial charge in [0, 0.05) is 24.0 Å². The Labute approximate surface area is 194 Å². The van der Waals surface area contributed by atoms with Gasteiger partial charge in [-0.15, -0.1) is 11.3 Å². The number of benzene rings is 2. The zero-order valence-corrected chi connectivity index (χ0v) is 20.0. The van der Waals surface area contributed by atoms with Crippen LogP contribution >= 0.6 is 11.3 Å². The van der Waals surface area contributed by atoms with Crippen LogP contribution in [0.3, 0.4) is 0 Å². The summed E-state index contributed by atoms with van der Waals surface area (Å²) in [4.78, 5) is 4.90. The zero-order chi connectivity index (χ0) is 22.6. The summed E-state index contributed by atoms with van der Waals surface area (Å²) in [7, 11) is -3.42. The van der Waals surface area contributed by atoms with Crippen molar-refractivity contribution in [2.75, 3.05) is 18.5 Å². The van der Waals surface area contributed by atoms with Crippen LogP contribution in [-0.4, -0.2) is 37.0 Å². The molecule has 0 spiro atoms. The molecule has 0 bridgehead atoms. The molecule has 1 aromatic heterocycles. The number of hydrogen-bond acceptors (Lipinski definition) is 6. The Kier molecular flexibility index (Phi) is 7.03. The second-order valence-electron chi connectivity index (χ2n) is 8.22. The second-order valence-corrected chi connectivity index (χ2v) is 11.0. The first-order valence-electron chi connectivity index (χ1n) is 10.9. The van der Waals surface area contributed by atoms with Gasteiger partial charge in [-0.3, -0.25) is 5.43 Å². The van der Waals surface area contributed by atoms with E-state index < -0.39 is 10.0 Å². The van der Waals surface area contributed by atoms with Crippen molar-refractivity contribution >= 4 is 32.7 Å². The fourth-order valence-electron chi connectivity index (χ4n) is 3.64. The molecular weight excluding hydrogens is 440 g/mol. The molecule has 0 radical (unpaired) electrons. The Morgan fingerprint density at radius 1 is 1.03 bits per heavy atom. The summed E-state index contributed by atoms with van der Waals surface area (Å²) in [6.45, 7) is 5.55. The van der Waals surface area contributed by atoms with Gasteiger partial charge in [0.15, 0.2) is 0 Å². The normalized spacial score (nSPS) is 15.5. The van der Waals surface area contributed by atoms with Gasteiger partial charge < -0.3 is 0 Å². The van der Waals surface area contributed by atoms with Gasteiger partial charge in [-0.25, -0.2) is 13.4 Å². The molecule has 32 heavy (non-hydrogen) atoms. The molecule has 6 nitrogen and oxygen atoms in total. The first-order chi connectivity index (χ1) is 15.4. The highest BCUT2D eigenvalue weighted by Crippen LogP contribution is 2.27. The van der Waals surface area contributed by atoms with Crippen molar-refractivity contribution in [3.05, 3.63) is 65.0 Å². The maximum Gasteiger partial charge on any atom is 0.243 e. The molecule has 1 aliphatic heterocycles. The van der Waals surface area contributed by atoms with Crippen LogP contribution in [0.15, 0.2) is 63.9 Å². The van der Waals surface area contributed by atoms with Crippen LogP contribution in [0, 0.1) is 0 Å².